The number of pyridine rings is 1. The third-order valence-corrected chi connectivity index (χ3v) is 10.3. The van der Waals surface area contributed by atoms with Crippen molar-refractivity contribution < 1.29 is 41.6 Å². The van der Waals surface area contributed by atoms with E-state index in [0.717, 1.165) is 28.7 Å². The summed E-state index contributed by atoms with van der Waals surface area (Å²) in [5.74, 6) is 1.96. The molecule has 21 heteroatoms. The van der Waals surface area contributed by atoms with E-state index in [9.17, 15) is 0 Å². The predicted molar refractivity (Wildman–Crippen MR) is 367 cm³/mol. The maximum Gasteiger partial charge on any atom is 0.315 e. The summed E-state index contributed by atoms with van der Waals surface area (Å²) in [5.41, 5.74) is 8.14. The Bertz CT molecular complexity index is 2100. The molecule has 0 N–H and O–H groups in total. The van der Waals surface area contributed by atoms with E-state index in [2.05, 4.69) is 78.3 Å². The van der Waals surface area contributed by atoms with Crippen LogP contribution in [0.3, 0.4) is 0 Å². The van der Waals surface area contributed by atoms with E-state index < -0.39 is 0 Å². The van der Waals surface area contributed by atoms with Crippen molar-refractivity contribution in [3.05, 3.63) is 200 Å². The highest BCUT2D eigenvalue weighted by Crippen LogP contribution is 1.85. The molecule has 0 aromatic carbocycles. The molecule has 0 aliphatic carbocycles. The van der Waals surface area contributed by atoms with Crippen molar-refractivity contribution in [2.45, 2.75) is 187 Å². The normalized spacial score (nSPS) is 8.00. The van der Waals surface area contributed by atoms with Gasteiger partial charge >= 0.3 is 12.2 Å². The molecule has 0 saturated carbocycles. The smallest absolute Gasteiger partial charge is 0.252 e. The maximum absolute atomic E-state index is 4.04. The second-order valence-electron chi connectivity index (χ2n) is 15.9. The molecule has 9 rings (SSSR count). The zero-order chi connectivity index (χ0) is 71.8. The first-order valence-electron chi connectivity index (χ1n) is 31.8. The number of aryl methyl sites for hydroxylation is 18. The number of hydrogen-bond donors (Lipinski definition) is 0. The fourth-order valence-corrected chi connectivity index (χ4v) is 4.34. The fraction of sp³-hybridized carbons (Fsp3) is 0.522. The molecule has 9 heterocycles. The summed E-state index contributed by atoms with van der Waals surface area (Å²) in [6.45, 7) is 54.0. The summed E-state index contributed by atoms with van der Waals surface area (Å²) in [4.78, 5) is 19.7. The van der Waals surface area contributed by atoms with Crippen molar-refractivity contribution in [2.24, 2.45) is 63.4 Å². The van der Waals surface area contributed by atoms with Gasteiger partial charge in [-0.15, -0.1) is 9.36 Å². The first-order chi connectivity index (χ1) is 43.2. The highest BCUT2D eigenvalue weighted by Gasteiger charge is 2.00. The largest absolute Gasteiger partial charge is 0.315 e. The van der Waals surface area contributed by atoms with Crippen LogP contribution in [0.5, 0.6) is 0 Å². The van der Waals surface area contributed by atoms with Gasteiger partial charge in [-0.05, 0) is 37.0 Å². The Morgan fingerprint density at radius 1 is 0.267 bits per heavy atom. The van der Waals surface area contributed by atoms with E-state index in [4.69, 9.17) is 0 Å². The summed E-state index contributed by atoms with van der Waals surface area (Å²) in [6, 6.07) is 15.9. The van der Waals surface area contributed by atoms with Crippen molar-refractivity contribution in [2.75, 3.05) is 0 Å². The third kappa shape index (κ3) is 59.8. The van der Waals surface area contributed by atoms with Crippen LogP contribution >= 0.6 is 0 Å². The SMILES string of the molecule is CC.CC.CC.CC.CC.CC.CC.CC.CC.Cc1cccc[n+]1C.Cc1cccn[n+]1C.Cc1ccnc[n+]1C.Cc1ccnn[n+]1C.Cc1cncc[n+]1C.Cc1cncn[n+]1C.Cc1cnnc[n+]1C.Cc1nccc[n+]1C.Cc1nccn[n+]1C. The lowest BCUT2D eigenvalue weighted by Crippen LogP contribution is -2.36. The van der Waals surface area contributed by atoms with Gasteiger partial charge < -0.3 is 0 Å². The average Bonchev–Trinajstić information content (AvgIpc) is 3.63. The molecule has 0 radical (unpaired) electrons. The Kier molecular flexibility index (Phi) is 85.5. The van der Waals surface area contributed by atoms with Gasteiger partial charge in [0.15, 0.2) is 56.6 Å². The zero-order valence-electron chi connectivity index (χ0n) is 63.7. The van der Waals surface area contributed by atoms with Crippen molar-refractivity contribution in [1.29, 1.82) is 0 Å². The summed E-state index contributed by atoms with van der Waals surface area (Å²) in [6.07, 6.45) is 28.4. The Balaban J connectivity index is -0.000000113. The van der Waals surface area contributed by atoms with Crippen molar-refractivity contribution >= 4 is 0 Å². The molecular formula is C69H132N21+9. The predicted octanol–water partition coefficient (Wildman–Crippen LogP) is 9.35. The molecule has 0 atom stereocenters. The topological polar surface area (TPSA) is 190 Å². The van der Waals surface area contributed by atoms with Crippen LogP contribution in [0.25, 0.3) is 0 Å². The van der Waals surface area contributed by atoms with Crippen LogP contribution < -0.4 is 41.6 Å². The van der Waals surface area contributed by atoms with Gasteiger partial charge in [0.25, 0.3) is 12.2 Å². The van der Waals surface area contributed by atoms with Crippen LogP contribution in [-0.4, -0.2) is 60.7 Å². The molecule has 504 valence electrons. The quantitative estimate of drug-likeness (QED) is 0.131. The Morgan fingerprint density at radius 2 is 0.733 bits per heavy atom. The summed E-state index contributed by atoms with van der Waals surface area (Å²) in [7, 11) is 17.5. The summed E-state index contributed by atoms with van der Waals surface area (Å²) >= 11 is 0. The average molecular weight is 1260 g/mol. The molecule has 9 aromatic heterocycles. The molecule has 0 fully saturated rings. The lowest BCUT2D eigenvalue weighted by Gasteiger charge is -1.88. The first-order valence-corrected chi connectivity index (χ1v) is 31.8. The summed E-state index contributed by atoms with van der Waals surface area (Å²) < 4.78 is 17.0. The molecule has 0 bridgehead atoms. The molecule has 90 heavy (non-hydrogen) atoms. The first kappa shape index (κ1) is 100. The number of hydrogen-bond acceptors (Lipinski definition) is 12. The monoisotopic (exact) mass is 1260 g/mol. The molecule has 0 aliphatic heterocycles. The van der Waals surface area contributed by atoms with Crippen LogP contribution in [0.1, 0.15) is 176 Å². The molecule has 0 aliphatic rings. The molecule has 21 nitrogen and oxygen atoms in total. The van der Waals surface area contributed by atoms with E-state index in [0.29, 0.717) is 0 Å². The standard InChI is InChI=1S/C7H10N.4C6H9N2.4C5H8N3.9C2H6/c1-7-5-3-4-6-8(7)2;1-6-5-7-3-4-8(6)2;1-6-3-4-7-5-8(6)2;1-6-7-4-3-5-8(6)2;1-6-4-3-5-7-8(6)2;1-5-3-6-7-4-8(5)2;1-5-3-6-4-7-8(5)2;1-5-6-3-4-7-8(5)2;1-5-3-4-6-7-8(5)2;9*1-2/h3-6H,1-2H3;4*3-5H,1-2H3;4*3-4H,1-2H3;9*1-2H3/q9*+1;;;;;;;;;. The van der Waals surface area contributed by atoms with Crippen molar-refractivity contribution in [3.63, 3.8) is 0 Å². The molecular weight excluding hydrogens is 1120 g/mol. The maximum atomic E-state index is 4.04. The van der Waals surface area contributed by atoms with E-state index in [-0.39, 0.29) is 0 Å². The van der Waals surface area contributed by atoms with E-state index in [1.165, 1.54) is 29.1 Å². The zero-order valence-corrected chi connectivity index (χ0v) is 63.7. The minimum atomic E-state index is 0.924. The van der Waals surface area contributed by atoms with Crippen LogP contribution in [0.15, 0.2) is 148 Å². The van der Waals surface area contributed by atoms with Crippen molar-refractivity contribution in [3.8, 4) is 0 Å². The van der Waals surface area contributed by atoms with Gasteiger partial charge in [-0.25, -0.2) is 27.8 Å². The van der Waals surface area contributed by atoms with E-state index in [1.54, 1.807) is 82.5 Å². The number of aromatic nitrogens is 21. The lowest BCUT2D eigenvalue weighted by molar-refractivity contribution is -0.741. The second-order valence-corrected chi connectivity index (χ2v) is 15.9. The lowest BCUT2D eigenvalue weighted by atomic mass is 10.4. The summed E-state index contributed by atoms with van der Waals surface area (Å²) in [5, 5.41) is 26.5. The molecule has 0 saturated heterocycles. The van der Waals surface area contributed by atoms with Gasteiger partial charge in [-0.3, -0.25) is 4.98 Å². The number of rotatable bonds is 0. The van der Waals surface area contributed by atoms with Crippen LogP contribution in [0, 0.1) is 62.3 Å². The molecule has 0 amide bonds. The Labute approximate surface area is 549 Å². The Morgan fingerprint density at radius 3 is 1.03 bits per heavy atom. The van der Waals surface area contributed by atoms with Crippen LogP contribution in [0.4, 0.5) is 0 Å². The van der Waals surface area contributed by atoms with Gasteiger partial charge in [0.05, 0.1) is 62.3 Å². The number of nitrogens with zero attached hydrogens (tertiary/aromatic N) is 21. The van der Waals surface area contributed by atoms with Gasteiger partial charge in [0, 0.05) is 83.0 Å². The second kappa shape index (κ2) is 76.6. The van der Waals surface area contributed by atoms with E-state index >= 15 is 0 Å². The van der Waals surface area contributed by atoms with E-state index in [1.807, 2.05) is 334 Å². The highest BCUT2D eigenvalue weighted by atomic mass is 15.4. The third-order valence-electron chi connectivity index (χ3n) is 10.3. The Hall–Kier alpha value is -8.49. The highest BCUT2D eigenvalue weighted by molar-refractivity contribution is 4.94. The molecule has 0 unspecified atom stereocenters. The minimum Gasteiger partial charge on any atom is -0.252 e. The molecule has 9 aromatic rings. The van der Waals surface area contributed by atoms with Gasteiger partial charge in [0.1, 0.15) is 75.3 Å². The van der Waals surface area contributed by atoms with Crippen LogP contribution in [-0.2, 0) is 63.4 Å². The fourth-order valence-electron chi connectivity index (χ4n) is 4.34. The van der Waals surface area contributed by atoms with Gasteiger partial charge in [0.2, 0.25) is 11.4 Å². The molecule has 0 spiro atoms. The van der Waals surface area contributed by atoms with Gasteiger partial charge in [-0.1, -0.05) is 160 Å². The van der Waals surface area contributed by atoms with Crippen LogP contribution in [0.2, 0.25) is 0 Å². The minimum absolute atomic E-state index is 0.924. The van der Waals surface area contributed by atoms with Gasteiger partial charge in [-0.2, -0.15) is 0 Å². The van der Waals surface area contributed by atoms with Crippen molar-refractivity contribution in [1.82, 2.24) is 60.7 Å².